The normalized spacial score (nSPS) is 24.0. The van der Waals surface area contributed by atoms with Crippen LogP contribution in [0.2, 0.25) is 0 Å². The number of anilines is 1. The fourth-order valence-corrected chi connectivity index (χ4v) is 6.13. The molecule has 33 heavy (non-hydrogen) atoms. The second-order valence-corrected chi connectivity index (χ2v) is 10.5. The maximum Gasteiger partial charge on any atom is 0.356 e. The second-order valence-electron chi connectivity index (χ2n) is 10.5. The summed E-state index contributed by atoms with van der Waals surface area (Å²) in [7, 11) is 3.10. The number of hydrogen-bond donors (Lipinski definition) is 2. The highest BCUT2D eigenvalue weighted by Crippen LogP contribution is 2.52. The van der Waals surface area contributed by atoms with Gasteiger partial charge < -0.3 is 24.5 Å². The molecule has 1 saturated heterocycles. The lowest BCUT2D eigenvalue weighted by Crippen LogP contribution is -2.38. The molecular formula is C25H35N3O5. The smallest absolute Gasteiger partial charge is 0.356 e. The van der Waals surface area contributed by atoms with Gasteiger partial charge in [0, 0.05) is 24.0 Å². The summed E-state index contributed by atoms with van der Waals surface area (Å²) in [4.78, 5) is 31.2. The van der Waals surface area contributed by atoms with Crippen molar-refractivity contribution in [3.63, 3.8) is 0 Å². The molecule has 2 aromatic rings. The molecule has 2 aliphatic rings. The van der Waals surface area contributed by atoms with Gasteiger partial charge in [0.2, 0.25) is 5.91 Å². The Bertz CT molecular complexity index is 1080. The molecule has 2 fully saturated rings. The first kappa shape index (κ1) is 23.4. The number of fused-ring (bicyclic) bond motifs is 3. The number of aromatic amines is 1. The zero-order chi connectivity index (χ0) is 24.0. The molecule has 2 atom stereocenters. The average Bonchev–Trinajstić information content (AvgIpc) is 3.19. The first-order valence-electron chi connectivity index (χ1n) is 11.6. The standard InChI is InChI=1S/C25H35N3O5/c1-7-33-23(30)22-21(16-8-18(31-5)19(32-6)9-17(16)26-22)27-20(29)12-28-14-25(4)11-15(28)10-24(2,3)13-25/h8-9,15,26H,7,10-14H2,1-6H3,(H,27,29)/t15-,25+/m1/s1. The minimum atomic E-state index is -0.520. The van der Waals surface area contributed by atoms with Gasteiger partial charge in [-0.1, -0.05) is 20.8 Å². The van der Waals surface area contributed by atoms with Crippen LogP contribution in [0.3, 0.4) is 0 Å². The number of hydrogen-bond acceptors (Lipinski definition) is 6. The topological polar surface area (TPSA) is 92.9 Å². The van der Waals surface area contributed by atoms with Crippen molar-refractivity contribution >= 4 is 28.5 Å². The van der Waals surface area contributed by atoms with Crippen LogP contribution in [0.25, 0.3) is 10.9 Å². The van der Waals surface area contributed by atoms with Crippen LogP contribution in [0.4, 0.5) is 5.69 Å². The van der Waals surface area contributed by atoms with E-state index in [1.807, 2.05) is 0 Å². The number of carbonyl (C=O) groups is 2. The summed E-state index contributed by atoms with van der Waals surface area (Å²) in [5.74, 6) is 0.372. The highest BCUT2D eigenvalue weighted by molar-refractivity contribution is 6.11. The van der Waals surface area contributed by atoms with Crippen LogP contribution in [0.15, 0.2) is 12.1 Å². The van der Waals surface area contributed by atoms with E-state index in [1.165, 1.54) is 6.42 Å². The van der Waals surface area contributed by atoms with Crippen molar-refractivity contribution in [1.29, 1.82) is 0 Å². The fourth-order valence-electron chi connectivity index (χ4n) is 6.13. The van der Waals surface area contributed by atoms with Crippen molar-refractivity contribution in [2.45, 2.75) is 53.0 Å². The maximum absolute atomic E-state index is 13.2. The quantitative estimate of drug-likeness (QED) is 0.606. The van der Waals surface area contributed by atoms with E-state index in [-0.39, 0.29) is 29.0 Å². The van der Waals surface area contributed by atoms with E-state index in [2.05, 4.69) is 36.0 Å². The van der Waals surface area contributed by atoms with Gasteiger partial charge in [0.15, 0.2) is 11.5 Å². The van der Waals surface area contributed by atoms with Gasteiger partial charge >= 0.3 is 5.97 Å². The minimum Gasteiger partial charge on any atom is -0.493 e. The van der Waals surface area contributed by atoms with E-state index in [4.69, 9.17) is 14.2 Å². The lowest BCUT2D eigenvalue weighted by molar-refractivity contribution is -0.117. The Kier molecular flexibility index (Phi) is 6.07. The summed E-state index contributed by atoms with van der Waals surface area (Å²) in [6.07, 6.45) is 3.39. The third kappa shape index (κ3) is 4.53. The van der Waals surface area contributed by atoms with E-state index in [1.54, 1.807) is 33.3 Å². The van der Waals surface area contributed by atoms with Crippen LogP contribution in [0, 0.1) is 10.8 Å². The van der Waals surface area contributed by atoms with Crippen LogP contribution < -0.4 is 14.8 Å². The number of rotatable bonds is 7. The number of carbonyl (C=O) groups excluding carboxylic acids is 2. The second kappa shape index (κ2) is 8.56. The van der Waals surface area contributed by atoms with Crippen molar-refractivity contribution in [2.75, 3.05) is 39.2 Å². The average molecular weight is 458 g/mol. The molecular weight excluding hydrogens is 422 g/mol. The van der Waals surface area contributed by atoms with Crippen LogP contribution in [0.1, 0.15) is 57.4 Å². The van der Waals surface area contributed by atoms with Crippen molar-refractivity contribution < 1.29 is 23.8 Å². The molecule has 1 aliphatic carbocycles. The molecule has 0 radical (unpaired) electrons. The molecule has 180 valence electrons. The van der Waals surface area contributed by atoms with E-state index in [0.717, 1.165) is 19.4 Å². The molecule has 1 aromatic heterocycles. The number of nitrogens with one attached hydrogen (secondary N) is 2. The lowest BCUT2D eigenvalue weighted by atomic mass is 9.65. The number of aromatic nitrogens is 1. The number of ether oxygens (including phenoxy) is 3. The predicted octanol–water partition coefficient (Wildman–Crippen LogP) is 4.20. The van der Waals surface area contributed by atoms with E-state index >= 15 is 0 Å². The number of nitrogens with zero attached hydrogens (tertiary/aromatic N) is 1. The maximum atomic E-state index is 13.2. The molecule has 8 heteroatoms. The summed E-state index contributed by atoms with van der Waals surface area (Å²) in [5, 5.41) is 3.66. The molecule has 2 heterocycles. The Hall–Kier alpha value is -2.74. The summed E-state index contributed by atoms with van der Waals surface area (Å²) >= 11 is 0. The van der Waals surface area contributed by atoms with Gasteiger partial charge in [-0.2, -0.15) is 0 Å². The number of amides is 1. The number of benzene rings is 1. The van der Waals surface area contributed by atoms with Crippen molar-refractivity contribution in [3.8, 4) is 11.5 Å². The summed E-state index contributed by atoms with van der Waals surface area (Å²) in [6.45, 7) is 10.2. The highest BCUT2D eigenvalue weighted by Gasteiger charge is 2.49. The number of likely N-dealkylation sites (tertiary alicyclic amines) is 1. The van der Waals surface area contributed by atoms with Gasteiger partial charge in [0.05, 0.1) is 38.6 Å². The zero-order valence-electron chi connectivity index (χ0n) is 20.5. The van der Waals surface area contributed by atoms with E-state index in [0.29, 0.717) is 40.7 Å². The molecule has 8 nitrogen and oxygen atoms in total. The minimum absolute atomic E-state index is 0.148. The molecule has 1 aromatic carbocycles. The molecule has 0 spiro atoms. The lowest BCUT2D eigenvalue weighted by Gasteiger charge is -2.39. The first-order valence-corrected chi connectivity index (χ1v) is 11.6. The summed E-state index contributed by atoms with van der Waals surface area (Å²) in [6, 6.07) is 3.91. The number of H-pyrrole nitrogens is 1. The summed E-state index contributed by atoms with van der Waals surface area (Å²) in [5.41, 5.74) is 1.80. The van der Waals surface area contributed by atoms with Gasteiger partial charge in [0.1, 0.15) is 5.69 Å². The van der Waals surface area contributed by atoms with Gasteiger partial charge in [-0.25, -0.2) is 4.79 Å². The van der Waals surface area contributed by atoms with Crippen LogP contribution >= 0.6 is 0 Å². The largest absolute Gasteiger partial charge is 0.493 e. The Morgan fingerprint density at radius 1 is 1.15 bits per heavy atom. The Balaban J connectivity index is 1.62. The zero-order valence-corrected chi connectivity index (χ0v) is 20.5. The van der Waals surface area contributed by atoms with E-state index in [9.17, 15) is 9.59 Å². The predicted molar refractivity (Wildman–Crippen MR) is 127 cm³/mol. The van der Waals surface area contributed by atoms with Crippen LogP contribution in [-0.4, -0.2) is 61.7 Å². The summed E-state index contributed by atoms with van der Waals surface area (Å²) < 4.78 is 16.0. The third-order valence-electron chi connectivity index (χ3n) is 6.92. The Labute approximate surface area is 194 Å². The Morgan fingerprint density at radius 2 is 1.85 bits per heavy atom. The SMILES string of the molecule is CCOC(=O)c1[nH]c2cc(OC)c(OC)cc2c1NC(=O)CN1C[C@@]2(C)C[C@H]1CC(C)(C)C2. The fraction of sp³-hybridized carbons (Fsp3) is 0.600. The highest BCUT2D eigenvalue weighted by atomic mass is 16.5. The monoisotopic (exact) mass is 457 g/mol. The molecule has 2 bridgehead atoms. The van der Waals surface area contributed by atoms with Crippen molar-refractivity contribution in [1.82, 2.24) is 9.88 Å². The van der Waals surface area contributed by atoms with Gasteiger partial charge in [-0.05, 0) is 43.1 Å². The van der Waals surface area contributed by atoms with Crippen LogP contribution in [0.5, 0.6) is 11.5 Å². The van der Waals surface area contributed by atoms with E-state index < -0.39 is 5.97 Å². The molecule has 0 unspecified atom stereocenters. The molecule has 2 N–H and O–H groups in total. The van der Waals surface area contributed by atoms with Crippen molar-refractivity contribution in [3.05, 3.63) is 17.8 Å². The number of methoxy groups -OCH3 is 2. The molecule has 1 saturated carbocycles. The molecule has 4 rings (SSSR count). The first-order chi connectivity index (χ1) is 15.6. The molecule has 1 aliphatic heterocycles. The van der Waals surface area contributed by atoms with Gasteiger partial charge in [-0.3, -0.25) is 9.69 Å². The van der Waals surface area contributed by atoms with Gasteiger partial charge in [-0.15, -0.1) is 0 Å². The van der Waals surface area contributed by atoms with Gasteiger partial charge in [0.25, 0.3) is 0 Å². The third-order valence-corrected chi connectivity index (χ3v) is 6.92. The van der Waals surface area contributed by atoms with Crippen molar-refractivity contribution in [2.24, 2.45) is 10.8 Å². The van der Waals surface area contributed by atoms with Crippen LogP contribution in [-0.2, 0) is 9.53 Å². The number of esters is 1. The Morgan fingerprint density at radius 3 is 2.52 bits per heavy atom. The molecule has 1 amide bonds.